The van der Waals surface area contributed by atoms with E-state index < -0.39 is 5.97 Å². The topological polar surface area (TPSA) is 74.0 Å². The second-order valence-electron chi connectivity index (χ2n) is 3.07. The smallest absolute Gasteiger partial charge is 0.348 e. The summed E-state index contributed by atoms with van der Waals surface area (Å²) >= 11 is 0.933. The molecule has 4 nitrogen and oxygen atoms in total. The number of hydrogen-bond acceptors (Lipinski definition) is 4. The van der Waals surface area contributed by atoms with Crippen molar-refractivity contribution >= 4 is 17.5 Å². The van der Waals surface area contributed by atoms with Gasteiger partial charge in [0, 0.05) is 11.8 Å². The third kappa shape index (κ3) is 1.78. The molecule has 0 aliphatic heterocycles. The summed E-state index contributed by atoms with van der Waals surface area (Å²) in [4.78, 5) is 11.1. The quantitative estimate of drug-likeness (QED) is 0.859. The first-order chi connectivity index (χ1) is 7.72. The molecule has 0 saturated carbocycles. The molecule has 2 rings (SSSR count). The number of hydrogen-bond donors (Lipinski definition) is 1. The van der Waals surface area contributed by atoms with Crippen LogP contribution < -0.4 is 0 Å². The molecule has 78 valence electrons. The van der Waals surface area contributed by atoms with Gasteiger partial charge in [-0.1, -0.05) is 12.1 Å². The molecule has 0 fully saturated rings. The zero-order chi connectivity index (χ0) is 11.5. The highest BCUT2D eigenvalue weighted by molar-refractivity contribution is 7.08. The Kier molecular flexibility index (Phi) is 2.66. The monoisotopic (exact) mass is 230 g/mol. The van der Waals surface area contributed by atoms with E-state index in [9.17, 15) is 4.79 Å². The molecule has 5 heteroatoms. The summed E-state index contributed by atoms with van der Waals surface area (Å²) in [6.45, 7) is 0. The molecule has 0 spiro atoms. The largest absolute Gasteiger partial charge is 0.477 e. The minimum atomic E-state index is -1.00. The van der Waals surface area contributed by atoms with Crippen LogP contribution >= 0.6 is 11.5 Å². The van der Waals surface area contributed by atoms with Gasteiger partial charge in [-0.3, -0.25) is 0 Å². The summed E-state index contributed by atoms with van der Waals surface area (Å²) in [5, 5.41) is 17.7. The van der Waals surface area contributed by atoms with E-state index in [0.717, 1.165) is 11.5 Å². The van der Waals surface area contributed by atoms with Crippen LogP contribution in [0.1, 0.15) is 15.2 Å². The third-order valence-corrected chi connectivity index (χ3v) is 2.86. The first-order valence-corrected chi connectivity index (χ1v) is 5.18. The Labute approximate surface area is 95.6 Å². The SMILES string of the molecule is N#Cc1cccc(-c2cnsc2C(=O)O)c1. The number of nitriles is 1. The predicted octanol–water partition coefficient (Wildman–Crippen LogP) is 2.38. The van der Waals surface area contributed by atoms with Gasteiger partial charge < -0.3 is 5.11 Å². The molecule has 1 aromatic carbocycles. The second-order valence-corrected chi connectivity index (χ2v) is 3.87. The van der Waals surface area contributed by atoms with Gasteiger partial charge in [-0.2, -0.15) is 9.64 Å². The van der Waals surface area contributed by atoms with Crippen molar-refractivity contribution in [2.45, 2.75) is 0 Å². The Bertz CT molecular complexity index is 584. The number of carbonyl (C=O) groups is 1. The second kappa shape index (κ2) is 4.13. The summed E-state index contributed by atoms with van der Waals surface area (Å²) < 4.78 is 3.85. The molecule has 1 aromatic heterocycles. The van der Waals surface area contributed by atoms with E-state index in [4.69, 9.17) is 10.4 Å². The van der Waals surface area contributed by atoms with Crippen molar-refractivity contribution in [2.24, 2.45) is 0 Å². The molecule has 2 aromatic rings. The van der Waals surface area contributed by atoms with E-state index in [1.54, 1.807) is 24.3 Å². The molecular weight excluding hydrogens is 224 g/mol. The molecule has 16 heavy (non-hydrogen) atoms. The van der Waals surface area contributed by atoms with E-state index in [1.807, 2.05) is 6.07 Å². The fourth-order valence-electron chi connectivity index (χ4n) is 1.36. The zero-order valence-corrected chi connectivity index (χ0v) is 8.86. The van der Waals surface area contributed by atoms with Gasteiger partial charge in [0.05, 0.1) is 11.6 Å². The highest BCUT2D eigenvalue weighted by Crippen LogP contribution is 2.26. The van der Waals surface area contributed by atoms with Gasteiger partial charge in [0.15, 0.2) is 0 Å². The normalized spacial score (nSPS) is 9.69. The molecule has 0 amide bonds. The van der Waals surface area contributed by atoms with Gasteiger partial charge >= 0.3 is 5.97 Å². The Morgan fingerprint density at radius 3 is 3.00 bits per heavy atom. The first kappa shape index (κ1) is 10.3. The van der Waals surface area contributed by atoms with Crippen LogP contribution in [-0.4, -0.2) is 15.4 Å². The number of carboxylic acid groups (broad SMARTS) is 1. The predicted molar refractivity (Wildman–Crippen MR) is 59.2 cm³/mol. The summed E-state index contributed by atoms with van der Waals surface area (Å²) in [6, 6.07) is 8.81. The Balaban J connectivity index is 2.55. The molecule has 0 unspecified atom stereocenters. The van der Waals surface area contributed by atoms with Gasteiger partial charge in [-0.15, -0.1) is 0 Å². The molecule has 1 N–H and O–H groups in total. The van der Waals surface area contributed by atoms with Crippen molar-refractivity contribution in [1.29, 1.82) is 5.26 Å². The molecule has 0 saturated heterocycles. The fourth-order valence-corrected chi connectivity index (χ4v) is 1.97. The lowest BCUT2D eigenvalue weighted by Gasteiger charge is -1.99. The summed E-state index contributed by atoms with van der Waals surface area (Å²) in [6.07, 6.45) is 1.50. The van der Waals surface area contributed by atoms with Gasteiger partial charge in [-0.05, 0) is 29.2 Å². The van der Waals surface area contributed by atoms with Crippen LogP contribution in [0.15, 0.2) is 30.5 Å². The van der Waals surface area contributed by atoms with E-state index >= 15 is 0 Å². The van der Waals surface area contributed by atoms with Crippen molar-refractivity contribution < 1.29 is 9.90 Å². The third-order valence-electron chi connectivity index (χ3n) is 2.07. The highest BCUT2D eigenvalue weighted by Gasteiger charge is 2.14. The molecule has 0 bridgehead atoms. The van der Waals surface area contributed by atoms with Crippen LogP contribution in [0.5, 0.6) is 0 Å². The standard InChI is InChI=1S/C11H6N2O2S/c12-5-7-2-1-3-8(4-7)9-6-13-16-10(9)11(14)15/h1-4,6H,(H,14,15). The van der Waals surface area contributed by atoms with Crippen LogP contribution in [0.3, 0.4) is 0 Å². The van der Waals surface area contributed by atoms with Gasteiger partial charge in [0.2, 0.25) is 0 Å². The van der Waals surface area contributed by atoms with Crippen molar-refractivity contribution in [2.75, 3.05) is 0 Å². The molecule has 0 aliphatic rings. The van der Waals surface area contributed by atoms with Gasteiger partial charge in [0.25, 0.3) is 0 Å². The van der Waals surface area contributed by atoms with E-state index in [-0.39, 0.29) is 4.88 Å². The van der Waals surface area contributed by atoms with Crippen LogP contribution in [0.2, 0.25) is 0 Å². The van der Waals surface area contributed by atoms with E-state index in [1.165, 1.54) is 6.20 Å². The minimum Gasteiger partial charge on any atom is -0.477 e. The van der Waals surface area contributed by atoms with Crippen molar-refractivity contribution in [3.63, 3.8) is 0 Å². The number of carboxylic acids is 1. The lowest BCUT2D eigenvalue weighted by atomic mass is 10.1. The summed E-state index contributed by atoms with van der Waals surface area (Å²) in [5.41, 5.74) is 1.75. The van der Waals surface area contributed by atoms with Crippen LogP contribution in [0.25, 0.3) is 11.1 Å². The van der Waals surface area contributed by atoms with Crippen molar-refractivity contribution in [3.8, 4) is 17.2 Å². The van der Waals surface area contributed by atoms with E-state index in [2.05, 4.69) is 4.37 Å². The van der Waals surface area contributed by atoms with Crippen LogP contribution in [-0.2, 0) is 0 Å². The number of nitrogens with zero attached hydrogens (tertiary/aromatic N) is 2. The average molecular weight is 230 g/mol. The van der Waals surface area contributed by atoms with Crippen molar-refractivity contribution in [3.05, 3.63) is 40.9 Å². The molecule has 0 atom stereocenters. The molecule has 1 heterocycles. The summed E-state index contributed by atoms with van der Waals surface area (Å²) in [5.74, 6) is -1.00. The minimum absolute atomic E-state index is 0.190. The Morgan fingerprint density at radius 1 is 1.50 bits per heavy atom. The fraction of sp³-hybridized carbons (Fsp3) is 0. The number of aromatic nitrogens is 1. The maximum absolute atomic E-state index is 10.9. The molecular formula is C11H6N2O2S. The first-order valence-electron chi connectivity index (χ1n) is 4.41. The molecule has 0 aliphatic carbocycles. The lowest BCUT2D eigenvalue weighted by Crippen LogP contribution is -1.94. The lowest BCUT2D eigenvalue weighted by molar-refractivity contribution is 0.0703. The van der Waals surface area contributed by atoms with Crippen LogP contribution in [0.4, 0.5) is 0 Å². The maximum Gasteiger partial charge on any atom is 0.348 e. The zero-order valence-electron chi connectivity index (χ0n) is 8.04. The van der Waals surface area contributed by atoms with E-state index in [0.29, 0.717) is 16.7 Å². The summed E-state index contributed by atoms with van der Waals surface area (Å²) in [7, 11) is 0. The maximum atomic E-state index is 10.9. The van der Waals surface area contributed by atoms with Crippen LogP contribution in [0, 0.1) is 11.3 Å². The highest BCUT2D eigenvalue weighted by atomic mass is 32.1. The van der Waals surface area contributed by atoms with Crippen molar-refractivity contribution in [1.82, 2.24) is 4.37 Å². The molecule has 0 radical (unpaired) electrons. The van der Waals surface area contributed by atoms with Gasteiger partial charge in [0.1, 0.15) is 4.88 Å². The van der Waals surface area contributed by atoms with Gasteiger partial charge in [-0.25, -0.2) is 4.79 Å². The Hall–Kier alpha value is -2.19. The number of aromatic carboxylic acids is 1. The average Bonchev–Trinajstić information content (AvgIpc) is 2.78. The number of benzene rings is 1. The Morgan fingerprint density at radius 2 is 2.31 bits per heavy atom. The number of rotatable bonds is 2.